The molecule has 1 aliphatic rings. The van der Waals surface area contributed by atoms with Gasteiger partial charge >= 0.3 is 0 Å². The van der Waals surface area contributed by atoms with Crippen molar-refractivity contribution in [2.24, 2.45) is 11.7 Å². The Hall–Kier alpha value is -1.32. The highest BCUT2D eigenvalue weighted by Gasteiger charge is 2.19. The summed E-state index contributed by atoms with van der Waals surface area (Å²) < 4.78 is 2.51. The summed E-state index contributed by atoms with van der Waals surface area (Å²) in [6, 6.07) is 4.83. The second-order valence-corrected chi connectivity index (χ2v) is 6.50. The lowest BCUT2D eigenvalue weighted by Gasteiger charge is -2.10. The van der Waals surface area contributed by atoms with Crippen molar-refractivity contribution in [3.05, 3.63) is 34.5 Å². The molecule has 114 valence electrons. The van der Waals surface area contributed by atoms with Crippen LogP contribution in [0.15, 0.2) is 12.1 Å². The second-order valence-electron chi connectivity index (χ2n) is 6.50. The Labute approximate surface area is 127 Å². The number of nitrogens with one attached hydrogen (secondary N) is 1. The maximum Gasteiger partial charge on any atom is 0.0488 e. The number of fused-ring (bicyclic) bond motifs is 2. The molecule has 1 unspecified atom stereocenters. The molecule has 3 rings (SSSR count). The van der Waals surface area contributed by atoms with Crippen LogP contribution in [-0.2, 0) is 26.1 Å². The quantitative estimate of drug-likeness (QED) is 0.886. The molecular formula is C18H27N3. The number of aromatic nitrogens is 1. The Morgan fingerprint density at radius 1 is 1.29 bits per heavy atom. The molecule has 0 saturated heterocycles. The van der Waals surface area contributed by atoms with Crippen LogP contribution in [0.3, 0.4) is 0 Å². The van der Waals surface area contributed by atoms with Crippen molar-refractivity contribution < 1.29 is 0 Å². The molecule has 0 saturated carbocycles. The van der Waals surface area contributed by atoms with E-state index >= 15 is 0 Å². The van der Waals surface area contributed by atoms with Gasteiger partial charge in [-0.05, 0) is 61.1 Å². The van der Waals surface area contributed by atoms with Crippen molar-refractivity contribution in [1.82, 2.24) is 9.88 Å². The number of benzene rings is 1. The lowest BCUT2D eigenvalue weighted by molar-refractivity contribution is 0.588. The molecule has 0 bridgehead atoms. The van der Waals surface area contributed by atoms with Crippen LogP contribution in [0.5, 0.6) is 0 Å². The van der Waals surface area contributed by atoms with E-state index in [9.17, 15) is 0 Å². The first kappa shape index (κ1) is 14.6. The number of aryl methyl sites for hydroxylation is 1. The summed E-state index contributed by atoms with van der Waals surface area (Å²) in [5.41, 5.74) is 13.1. The molecular weight excluding hydrogens is 258 g/mol. The molecule has 2 aromatic rings. The third-order valence-corrected chi connectivity index (χ3v) is 4.81. The molecule has 0 aliphatic carbocycles. The van der Waals surface area contributed by atoms with Gasteiger partial charge in [0, 0.05) is 36.2 Å². The normalized spacial score (nSPS) is 15.6. The summed E-state index contributed by atoms with van der Waals surface area (Å²) in [7, 11) is 0. The highest BCUT2D eigenvalue weighted by Crippen LogP contribution is 2.32. The average Bonchev–Trinajstić information content (AvgIpc) is 3.03. The van der Waals surface area contributed by atoms with E-state index in [4.69, 9.17) is 5.73 Å². The summed E-state index contributed by atoms with van der Waals surface area (Å²) in [5, 5.41) is 4.91. The van der Waals surface area contributed by atoms with Gasteiger partial charge in [-0.1, -0.05) is 13.8 Å². The molecule has 1 aromatic carbocycles. The van der Waals surface area contributed by atoms with Gasteiger partial charge < -0.3 is 15.6 Å². The fraction of sp³-hybridized carbons (Fsp3) is 0.556. The van der Waals surface area contributed by atoms with Crippen molar-refractivity contribution in [3.8, 4) is 0 Å². The summed E-state index contributed by atoms with van der Waals surface area (Å²) >= 11 is 0. The fourth-order valence-electron chi connectivity index (χ4n) is 3.54. The van der Waals surface area contributed by atoms with Crippen molar-refractivity contribution >= 4 is 10.9 Å². The summed E-state index contributed by atoms with van der Waals surface area (Å²) in [6.07, 6.45) is 2.26. The molecule has 0 amide bonds. The minimum absolute atomic E-state index is 0.538. The first-order valence-corrected chi connectivity index (χ1v) is 8.20. The molecule has 1 atom stereocenters. The van der Waals surface area contributed by atoms with E-state index in [1.54, 1.807) is 0 Å². The van der Waals surface area contributed by atoms with Gasteiger partial charge in [0.15, 0.2) is 0 Å². The predicted molar refractivity (Wildman–Crippen MR) is 89.4 cm³/mol. The Kier molecular flexibility index (Phi) is 4.05. The van der Waals surface area contributed by atoms with Crippen LogP contribution in [0.4, 0.5) is 0 Å². The smallest absolute Gasteiger partial charge is 0.0488 e. The highest BCUT2D eigenvalue weighted by molar-refractivity contribution is 5.87. The Balaban J connectivity index is 2.18. The zero-order valence-corrected chi connectivity index (χ0v) is 13.5. The number of nitrogens with two attached hydrogens (primary N) is 1. The van der Waals surface area contributed by atoms with Crippen molar-refractivity contribution in [2.45, 2.75) is 53.2 Å². The maximum absolute atomic E-state index is 5.85. The monoisotopic (exact) mass is 285 g/mol. The molecule has 0 radical (unpaired) electrons. The molecule has 2 heterocycles. The average molecular weight is 285 g/mol. The molecule has 21 heavy (non-hydrogen) atoms. The fourth-order valence-corrected chi connectivity index (χ4v) is 3.54. The van der Waals surface area contributed by atoms with Gasteiger partial charge in [-0.3, -0.25) is 0 Å². The molecule has 3 N–H and O–H groups in total. The van der Waals surface area contributed by atoms with Gasteiger partial charge in [0.05, 0.1) is 0 Å². The summed E-state index contributed by atoms with van der Waals surface area (Å²) in [5.74, 6) is 0.538. The van der Waals surface area contributed by atoms with E-state index in [-0.39, 0.29) is 0 Å². The number of hydrogen-bond acceptors (Lipinski definition) is 2. The first-order chi connectivity index (χ1) is 10.2. The van der Waals surface area contributed by atoms with Crippen LogP contribution in [0.25, 0.3) is 10.9 Å². The van der Waals surface area contributed by atoms with E-state index in [1.165, 1.54) is 39.7 Å². The molecule has 1 aromatic heterocycles. The molecule has 3 nitrogen and oxygen atoms in total. The molecule has 0 spiro atoms. The van der Waals surface area contributed by atoms with Crippen LogP contribution in [-0.4, -0.2) is 11.1 Å². The summed E-state index contributed by atoms with van der Waals surface area (Å²) in [4.78, 5) is 0. The minimum atomic E-state index is 0.538. The topological polar surface area (TPSA) is 43.0 Å². The number of hydrogen-bond donors (Lipinski definition) is 2. The number of nitrogens with zero attached hydrogens (tertiary/aromatic N) is 1. The van der Waals surface area contributed by atoms with E-state index in [0.717, 1.165) is 32.6 Å². The SMILES string of the molecule is CCCn1c(C)c(CC(C)CN)c2cc3c(cc21)CNC3. The third kappa shape index (κ3) is 2.49. The second kappa shape index (κ2) is 5.82. The van der Waals surface area contributed by atoms with E-state index in [0.29, 0.717) is 5.92 Å². The van der Waals surface area contributed by atoms with Gasteiger partial charge in [-0.15, -0.1) is 0 Å². The van der Waals surface area contributed by atoms with Crippen LogP contribution in [0.2, 0.25) is 0 Å². The highest BCUT2D eigenvalue weighted by atomic mass is 15.0. The van der Waals surface area contributed by atoms with Gasteiger partial charge in [-0.2, -0.15) is 0 Å². The lowest BCUT2D eigenvalue weighted by Crippen LogP contribution is -2.13. The van der Waals surface area contributed by atoms with E-state index in [2.05, 4.69) is 42.8 Å². The van der Waals surface area contributed by atoms with Crippen LogP contribution in [0, 0.1) is 12.8 Å². The van der Waals surface area contributed by atoms with E-state index < -0.39 is 0 Å². The van der Waals surface area contributed by atoms with Crippen molar-refractivity contribution in [1.29, 1.82) is 0 Å². The van der Waals surface area contributed by atoms with Crippen LogP contribution >= 0.6 is 0 Å². The van der Waals surface area contributed by atoms with Crippen molar-refractivity contribution in [3.63, 3.8) is 0 Å². The van der Waals surface area contributed by atoms with Gasteiger partial charge in [0.25, 0.3) is 0 Å². The number of rotatable bonds is 5. The van der Waals surface area contributed by atoms with Gasteiger partial charge in [0.2, 0.25) is 0 Å². The maximum atomic E-state index is 5.85. The van der Waals surface area contributed by atoms with E-state index in [1.807, 2.05) is 0 Å². The Morgan fingerprint density at radius 2 is 2.00 bits per heavy atom. The Morgan fingerprint density at radius 3 is 2.67 bits per heavy atom. The predicted octanol–water partition coefficient (Wildman–Crippen LogP) is 3.10. The summed E-state index contributed by atoms with van der Waals surface area (Å²) in [6.45, 7) is 10.7. The molecule has 1 aliphatic heterocycles. The standard InChI is InChI=1S/C18H27N3/c1-4-5-21-13(3)16(6-12(2)9-19)17-7-14-10-20-11-15(14)8-18(17)21/h7-8,12,20H,4-6,9-11,19H2,1-3H3. The first-order valence-electron chi connectivity index (χ1n) is 8.20. The van der Waals surface area contributed by atoms with Crippen LogP contribution < -0.4 is 11.1 Å². The van der Waals surface area contributed by atoms with Gasteiger partial charge in [0.1, 0.15) is 0 Å². The van der Waals surface area contributed by atoms with Gasteiger partial charge in [-0.25, -0.2) is 0 Å². The zero-order valence-electron chi connectivity index (χ0n) is 13.5. The van der Waals surface area contributed by atoms with Crippen molar-refractivity contribution in [2.75, 3.05) is 6.54 Å². The minimum Gasteiger partial charge on any atom is -0.345 e. The molecule has 3 heteroatoms. The van der Waals surface area contributed by atoms with Crippen LogP contribution in [0.1, 0.15) is 42.7 Å². The third-order valence-electron chi connectivity index (χ3n) is 4.81. The molecule has 0 fully saturated rings. The largest absolute Gasteiger partial charge is 0.345 e. The Bertz CT molecular complexity index is 654. The zero-order chi connectivity index (χ0) is 15.0. The lowest BCUT2D eigenvalue weighted by atomic mass is 9.97.